The van der Waals surface area contributed by atoms with Crippen LogP contribution in [0.2, 0.25) is 0 Å². The topological polar surface area (TPSA) is 101 Å². The summed E-state index contributed by atoms with van der Waals surface area (Å²) in [6.07, 6.45) is -4.26. The standard InChI is InChI=1S/C6H12O5S/c7-1-3(9)5(11)6(12)4(10)2-8/h3-5,7-11H,1-2H2/t3-,4+,5-/m1/s1. The zero-order valence-corrected chi connectivity index (χ0v) is 7.11. The van der Waals surface area contributed by atoms with E-state index in [1.165, 1.54) is 0 Å². The van der Waals surface area contributed by atoms with E-state index in [9.17, 15) is 0 Å². The molecule has 0 unspecified atom stereocenters. The van der Waals surface area contributed by atoms with Gasteiger partial charge in [-0.25, -0.2) is 0 Å². The Kier molecular flexibility index (Phi) is 5.47. The first-order valence-electron chi connectivity index (χ1n) is 3.34. The van der Waals surface area contributed by atoms with Crippen molar-refractivity contribution in [1.29, 1.82) is 0 Å². The molecule has 0 rings (SSSR count). The molecule has 0 aliphatic rings. The molecule has 0 aliphatic heterocycles. The molecule has 0 saturated carbocycles. The van der Waals surface area contributed by atoms with Crippen molar-refractivity contribution in [3.8, 4) is 0 Å². The smallest absolute Gasteiger partial charge is 0.116 e. The average molecular weight is 196 g/mol. The molecule has 5 N–H and O–H groups in total. The minimum Gasteiger partial charge on any atom is -0.394 e. The number of hydrogen-bond acceptors (Lipinski definition) is 6. The van der Waals surface area contributed by atoms with Crippen LogP contribution in [0, 0.1) is 0 Å². The summed E-state index contributed by atoms with van der Waals surface area (Å²) < 4.78 is 0. The summed E-state index contributed by atoms with van der Waals surface area (Å²) in [5, 5.41) is 43.6. The van der Waals surface area contributed by atoms with E-state index in [2.05, 4.69) is 12.2 Å². The van der Waals surface area contributed by atoms with Gasteiger partial charge < -0.3 is 25.5 Å². The van der Waals surface area contributed by atoms with Crippen LogP contribution in [-0.4, -0.2) is 61.9 Å². The number of aliphatic hydroxyl groups excluding tert-OH is 5. The third-order valence-electron chi connectivity index (χ3n) is 1.34. The predicted molar refractivity (Wildman–Crippen MR) is 44.8 cm³/mol. The van der Waals surface area contributed by atoms with Crippen molar-refractivity contribution in [2.45, 2.75) is 18.3 Å². The van der Waals surface area contributed by atoms with Gasteiger partial charge in [0.15, 0.2) is 0 Å². The van der Waals surface area contributed by atoms with E-state index >= 15 is 0 Å². The van der Waals surface area contributed by atoms with Crippen molar-refractivity contribution in [2.24, 2.45) is 0 Å². The van der Waals surface area contributed by atoms with Crippen LogP contribution in [-0.2, 0) is 0 Å². The van der Waals surface area contributed by atoms with E-state index < -0.39 is 31.5 Å². The van der Waals surface area contributed by atoms with Gasteiger partial charge in [-0.05, 0) is 0 Å². The molecule has 0 amide bonds. The lowest BCUT2D eigenvalue weighted by Crippen LogP contribution is -2.42. The number of aliphatic hydroxyl groups is 5. The van der Waals surface area contributed by atoms with Crippen LogP contribution in [0.3, 0.4) is 0 Å². The molecule has 0 fully saturated rings. The summed E-state index contributed by atoms with van der Waals surface area (Å²) in [6, 6.07) is 0. The van der Waals surface area contributed by atoms with Crippen molar-refractivity contribution in [2.75, 3.05) is 13.2 Å². The summed E-state index contributed by atoms with van der Waals surface area (Å²) >= 11 is 4.51. The van der Waals surface area contributed by atoms with Crippen molar-refractivity contribution in [3.63, 3.8) is 0 Å². The highest BCUT2D eigenvalue weighted by molar-refractivity contribution is 7.80. The first kappa shape index (κ1) is 11.9. The molecule has 0 aromatic heterocycles. The third-order valence-corrected chi connectivity index (χ3v) is 1.86. The summed E-state index contributed by atoms with van der Waals surface area (Å²) in [4.78, 5) is -0.279. The maximum atomic E-state index is 9.07. The molecule has 0 heterocycles. The molecule has 0 aromatic carbocycles. The lowest BCUT2D eigenvalue weighted by molar-refractivity contribution is 0.0133. The Morgan fingerprint density at radius 3 is 1.92 bits per heavy atom. The number of hydrogen-bond donors (Lipinski definition) is 5. The molecular weight excluding hydrogens is 184 g/mol. The minimum atomic E-state index is -1.49. The second-order valence-corrected chi connectivity index (χ2v) is 2.77. The number of thiocarbonyl (C=S) groups is 1. The largest absolute Gasteiger partial charge is 0.394 e. The van der Waals surface area contributed by atoms with Crippen LogP contribution in [0.1, 0.15) is 0 Å². The molecule has 0 spiro atoms. The molecule has 3 atom stereocenters. The molecule has 0 bridgehead atoms. The zero-order valence-electron chi connectivity index (χ0n) is 6.29. The molecular formula is C6H12O5S. The second-order valence-electron chi connectivity index (χ2n) is 2.30. The van der Waals surface area contributed by atoms with Gasteiger partial charge in [-0.1, -0.05) is 12.2 Å². The van der Waals surface area contributed by atoms with Crippen LogP contribution in [0.4, 0.5) is 0 Å². The molecule has 72 valence electrons. The third kappa shape index (κ3) is 3.10. The van der Waals surface area contributed by atoms with Crippen molar-refractivity contribution in [1.82, 2.24) is 0 Å². The first-order valence-corrected chi connectivity index (χ1v) is 3.75. The van der Waals surface area contributed by atoms with E-state index in [1.54, 1.807) is 0 Å². The molecule has 0 aromatic rings. The second kappa shape index (κ2) is 5.52. The average Bonchev–Trinajstić information content (AvgIpc) is 2.12. The Bertz CT molecular complexity index is 151. The van der Waals surface area contributed by atoms with E-state index in [-0.39, 0.29) is 4.86 Å². The lowest BCUT2D eigenvalue weighted by Gasteiger charge is -2.19. The number of rotatable bonds is 5. The molecule has 12 heavy (non-hydrogen) atoms. The van der Waals surface area contributed by atoms with Crippen LogP contribution in [0.15, 0.2) is 0 Å². The van der Waals surface area contributed by atoms with E-state index in [0.29, 0.717) is 0 Å². The van der Waals surface area contributed by atoms with Gasteiger partial charge in [0.25, 0.3) is 0 Å². The fourth-order valence-corrected chi connectivity index (χ4v) is 0.808. The van der Waals surface area contributed by atoms with Crippen LogP contribution < -0.4 is 0 Å². The summed E-state index contributed by atoms with van der Waals surface area (Å²) in [5.41, 5.74) is 0. The van der Waals surface area contributed by atoms with E-state index in [1.807, 2.05) is 0 Å². The lowest BCUT2D eigenvalue weighted by atomic mass is 10.1. The predicted octanol–water partition coefficient (Wildman–Crippen LogP) is -2.58. The maximum Gasteiger partial charge on any atom is 0.116 e. The van der Waals surface area contributed by atoms with Gasteiger partial charge in [0.2, 0.25) is 0 Å². The van der Waals surface area contributed by atoms with Gasteiger partial charge in [-0.2, -0.15) is 0 Å². The van der Waals surface area contributed by atoms with Gasteiger partial charge in [0.05, 0.1) is 18.1 Å². The maximum absolute atomic E-state index is 9.07. The Morgan fingerprint density at radius 2 is 1.58 bits per heavy atom. The van der Waals surface area contributed by atoms with Gasteiger partial charge in [-0.3, -0.25) is 0 Å². The Balaban J connectivity index is 4.09. The molecule has 0 saturated heterocycles. The molecule has 5 nitrogen and oxygen atoms in total. The summed E-state index contributed by atoms with van der Waals surface area (Å²) in [6.45, 7) is -1.27. The first-order chi connectivity index (χ1) is 5.54. The van der Waals surface area contributed by atoms with Crippen molar-refractivity contribution < 1.29 is 25.5 Å². The van der Waals surface area contributed by atoms with Gasteiger partial charge in [0, 0.05) is 0 Å². The van der Waals surface area contributed by atoms with E-state index in [4.69, 9.17) is 25.5 Å². The minimum absolute atomic E-state index is 0.279. The van der Waals surface area contributed by atoms with Crippen LogP contribution in [0.5, 0.6) is 0 Å². The zero-order chi connectivity index (χ0) is 9.72. The van der Waals surface area contributed by atoms with Gasteiger partial charge >= 0.3 is 0 Å². The highest BCUT2D eigenvalue weighted by Crippen LogP contribution is 2.00. The van der Waals surface area contributed by atoms with Crippen LogP contribution in [0.25, 0.3) is 0 Å². The van der Waals surface area contributed by atoms with Gasteiger partial charge in [0.1, 0.15) is 18.3 Å². The normalized spacial score (nSPS) is 18.4. The Hall–Kier alpha value is -0.110. The monoisotopic (exact) mass is 196 g/mol. The summed E-state index contributed by atoms with van der Waals surface area (Å²) in [7, 11) is 0. The fourth-order valence-electron chi connectivity index (χ4n) is 0.577. The van der Waals surface area contributed by atoms with E-state index in [0.717, 1.165) is 0 Å². The SMILES string of the molecule is OC[C@@H](O)[C@@H](O)C(=S)[C@@H](O)CO. The molecule has 0 aliphatic carbocycles. The van der Waals surface area contributed by atoms with Crippen LogP contribution >= 0.6 is 12.2 Å². The highest BCUT2D eigenvalue weighted by Gasteiger charge is 2.24. The highest BCUT2D eigenvalue weighted by atomic mass is 32.1. The molecule has 6 heteroatoms. The fraction of sp³-hybridized carbons (Fsp3) is 0.833. The Labute approximate surface area is 74.9 Å². The Morgan fingerprint density at radius 1 is 1.08 bits per heavy atom. The van der Waals surface area contributed by atoms with Crippen molar-refractivity contribution in [3.05, 3.63) is 0 Å². The summed E-state index contributed by atoms with van der Waals surface area (Å²) in [5.74, 6) is 0. The van der Waals surface area contributed by atoms with Gasteiger partial charge in [-0.15, -0.1) is 0 Å². The molecule has 0 radical (unpaired) electrons. The quantitative estimate of drug-likeness (QED) is 0.310. The van der Waals surface area contributed by atoms with Crippen molar-refractivity contribution >= 4 is 17.1 Å².